The summed E-state index contributed by atoms with van der Waals surface area (Å²) in [7, 11) is 0. The molecule has 130 valence electrons. The molecule has 4 nitrogen and oxygen atoms in total. The van der Waals surface area contributed by atoms with Crippen LogP contribution in [0.15, 0.2) is 0 Å². The van der Waals surface area contributed by atoms with E-state index in [1.54, 1.807) is 0 Å². The van der Waals surface area contributed by atoms with Gasteiger partial charge in [-0.05, 0) is 44.4 Å². The molecule has 2 fully saturated rings. The molecular weight excluding hydrogens is 321 g/mol. The van der Waals surface area contributed by atoms with E-state index in [-0.39, 0.29) is 43.2 Å². The van der Waals surface area contributed by atoms with E-state index >= 15 is 0 Å². The van der Waals surface area contributed by atoms with Crippen LogP contribution in [0, 0.1) is 11.8 Å². The van der Waals surface area contributed by atoms with E-state index in [2.05, 4.69) is 5.32 Å². The summed E-state index contributed by atoms with van der Waals surface area (Å²) in [5.74, 6) is -1.20. The highest BCUT2D eigenvalue weighted by atomic mass is 35.5. The molecular formula is C14H24ClF3N2O2. The highest BCUT2D eigenvalue weighted by Gasteiger charge is 2.41. The number of amides is 1. The van der Waals surface area contributed by atoms with Gasteiger partial charge in [0.25, 0.3) is 0 Å². The van der Waals surface area contributed by atoms with Crippen molar-refractivity contribution < 1.29 is 22.7 Å². The van der Waals surface area contributed by atoms with E-state index < -0.39 is 18.2 Å². The molecule has 0 bridgehead atoms. The lowest BCUT2D eigenvalue weighted by atomic mass is 9.81. The highest BCUT2D eigenvalue weighted by molar-refractivity contribution is 5.85. The van der Waals surface area contributed by atoms with E-state index in [0.717, 1.165) is 6.42 Å². The lowest BCUT2D eigenvalue weighted by Gasteiger charge is -2.30. The van der Waals surface area contributed by atoms with Gasteiger partial charge < -0.3 is 15.8 Å². The fraction of sp³-hybridized carbons (Fsp3) is 0.929. The van der Waals surface area contributed by atoms with Gasteiger partial charge in [-0.1, -0.05) is 0 Å². The average molecular weight is 345 g/mol. The molecule has 0 radical (unpaired) electrons. The van der Waals surface area contributed by atoms with Crippen molar-refractivity contribution in [3.63, 3.8) is 0 Å². The van der Waals surface area contributed by atoms with E-state index in [0.29, 0.717) is 32.4 Å². The Kier molecular flexibility index (Phi) is 7.41. The maximum Gasteiger partial charge on any atom is 0.391 e. The van der Waals surface area contributed by atoms with Crippen molar-refractivity contribution in [1.29, 1.82) is 0 Å². The molecule has 1 saturated carbocycles. The van der Waals surface area contributed by atoms with Crippen LogP contribution in [0.2, 0.25) is 0 Å². The maximum absolute atomic E-state index is 12.6. The SMILES string of the molecule is Cl.NC[C@H]1CC[C@@H](C(=O)NCC2CCC(C(F)(F)F)CC2)O1. The second-order valence-corrected chi connectivity index (χ2v) is 6.06. The van der Waals surface area contributed by atoms with Crippen LogP contribution < -0.4 is 11.1 Å². The first-order valence-corrected chi connectivity index (χ1v) is 7.60. The van der Waals surface area contributed by atoms with Crippen molar-refractivity contribution >= 4 is 18.3 Å². The van der Waals surface area contributed by atoms with Crippen molar-refractivity contribution in [2.24, 2.45) is 17.6 Å². The molecule has 0 aromatic carbocycles. The van der Waals surface area contributed by atoms with Crippen LogP contribution in [-0.4, -0.2) is 37.4 Å². The van der Waals surface area contributed by atoms with Crippen LogP contribution in [0.3, 0.4) is 0 Å². The van der Waals surface area contributed by atoms with Gasteiger partial charge in [0, 0.05) is 13.1 Å². The summed E-state index contributed by atoms with van der Waals surface area (Å²) in [4.78, 5) is 11.9. The lowest BCUT2D eigenvalue weighted by Crippen LogP contribution is -2.39. The average Bonchev–Trinajstić information content (AvgIpc) is 2.93. The Balaban J connectivity index is 0.00000242. The van der Waals surface area contributed by atoms with Gasteiger partial charge in [-0.2, -0.15) is 13.2 Å². The molecule has 1 aliphatic carbocycles. The van der Waals surface area contributed by atoms with Gasteiger partial charge in [0.15, 0.2) is 0 Å². The van der Waals surface area contributed by atoms with Crippen molar-refractivity contribution in [1.82, 2.24) is 5.32 Å². The Morgan fingerprint density at radius 1 is 1.14 bits per heavy atom. The third kappa shape index (κ3) is 5.28. The summed E-state index contributed by atoms with van der Waals surface area (Å²) >= 11 is 0. The fourth-order valence-corrected chi connectivity index (χ4v) is 3.12. The monoisotopic (exact) mass is 344 g/mol. The number of nitrogens with two attached hydrogens (primary N) is 1. The molecule has 8 heteroatoms. The molecule has 1 amide bonds. The largest absolute Gasteiger partial charge is 0.391 e. The molecule has 0 unspecified atom stereocenters. The summed E-state index contributed by atoms with van der Waals surface area (Å²) in [6, 6.07) is 0. The number of hydrogen-bond acceptors (Lipinski definition) is 3. The topological polar surface area (TPSA) is 64.4 Å². The second kappa shape index (κ2) is 8.36. The second-order valence-electron chi connectivity index (χ2n) is 6.06. The minimum absolute atomic E-state index is 0. The Bertz CT molecular complexity index is 360. The van der Waals surface area contributed by atoms with Gasteiger partial charge >= 0.3 is 6.18 Å². The lowest BCUT2D eigenvalue weighted by molar-refractivity contribution is -0.183. The summed E-state index contributed by atoms with van der Waals surface area (Å²) < 4.78 is 43.2. The maximum atomic E-state index is 12.6. The first-order chi connectivity index (χ1) is 9.90. The van der Waals surface area contributed by atoms with E-state index in [9.17, 15) is 18.0 Å². The van der Waals surface area contributed by atoms with Gasteiger partial charge in [-0.25, -0.2) is 0 Å². The normalized spacial score (nSPS) is 32.4. The summed E-state index contributed by atoms with van der Waals surface area (Å²) in [6.45, 7) is 0.849. The Morgan fingerprint density at radius 2 is 1.77 bits per heavy atom. The van der Waals surface area contributed by atoms with Gasteiger partial charge in [-0.15, -0.1) is 12.4 Å². The first-order valence-electron chi connectivity index (χ1n) is 7.60. The zero-order chi connectivity index (χ0) is 15.5. The smallest absolute Gasteiger partial charge is 0.364 e. The summed E-state index contributed by atoms with van der Waals surface area (Å²) in [5, 5.41) is 2.81. The van der Waals surface area contributed by atoms with Gasteiger partial charge in [-0.3, -0.25) is 4.79 Å². The number of ether oxygens (including phenoxy) is 1. The van der Waals surface area contributed by atoms with Crippen molar-refractivity contribution in [3.05, 3.63) is 0 Å². The highest BCUT2D eigenvalue weighted by Crippen LogP contribution is 2.39. The number of carbonyl (C=O) groups is 1. The van der Waals surface area contributed by atoms with Crippen LogP contribution in [-0.2, 0) is 9.53 Å². The summed E-state index contributed by atoms with van der Waals surface area (Å²) in [6.07, 6.45) is -1.78. The number of alkyl halides is 3. The van der Waals surface area contributed by atoms with E-state index in [1.807, 2.05) is 0 Å². The van der Waals surface area contributed by atoms with Crippen molar-refractivity contribution in [3.8, 4) is 0 Å². The van der Waals surface area contributed by atoms with Crippen LogP contribution >= 0.6 is 12.4 Å². The number of nitrogens with one attached hydrogen (secondary N) is 1. The Hall–Kier alpha value is -0.530. The third-order valence-corrected chi connectivity index (χ3v) is 4.54. The van der Waals surface area contributed by atoms with Crippen LogP contribution in [0.4, 0.5) is 13.2 Å². The van der Waals surface area contributed by atoms with Gasteiger partial charge in [0.1, 0.15) is 6.10 Å². The molecule has 2 rings (SSSR count). The van der Waals surface area contributed by atoms with Crippen LogP contribution in [0.25, 0.3) is 0 Å². The number of carbonyl (C=O) groups excluding carboxylic acids is 1. The minimum atomic E-state index is -4.08. The predicted molar refractivity (Wildman–Crippen MR) is 78.7 cm³/mol. The van der Waals surface area contributed by atoms with E-state index in [1.165, 1.54) is 0 Å². The molecule has 0 aromatic heterocycles. The van der Waals surface area contributed by atoms with Crippen LogP contribution in [0.5, 0.6) is 0 Å². The van der Waals surface area contributed by atoms with Crippen molar-refractivity contribution in [2.45, 2.75) is 56.9 Å². The van der Waals surface area contributed by atoms with Crippen LogP contribution in [0.1, 0.15) is 38.5 Å². The molecule has 3 N–H and O–H groups in total. The number of halogens is 4. The number of hydrogen-bond donors (Lipinski definition) is 2. The zero-order valence-corrected chi connectivity index (χ0v) is 13.2. The minimum Gasteiger partial charge on any atom is -0.364 e. The Labute approximate surface area is 134 Å². The molecule has 0 spiro atoms. The molecule has 0 aromatic rings. The molecule has 1 saturated heterocycles. The molecule has 1 heterocycles. The first kappa shape index (κ1) is 19.5. The fourth-order valence-electron chi connectivity index (χ4n) is 3.12. The Morgan fingerprint density at radius 3 is 2.27 bits per heavy atom. The van der Waals surface area contributed by atoms with Crippen molar-refractivity contribution in [2.75, 3.05) is 13.1 Å². The van der Waals surface area contributed by atoms with E-state index in [4.69, 9.17) is 10.5 Å². The quantitative estimate of drug-likeness (QED) is 0.823. The number of rotatable bonds is 4. The van der Waals surface area contributed by atoms with Gasteiger partial charge in [0.2, 0.25) is 5.91 Å². The molecule has 2 atom stereocenters. The molecule has 22 heavy (non-hydrogen) atoms. The molecule has 1 aliphatic heterocycles. The third-order valence-electron chi connectivity index (χ3n) is 4.54. The zero-order valence-electron chi connectivity index (χ0n) is 12.4. The predicted octanol–water partition coefficient (Wildman–Crippen LogP) is 2.40. The summed E-state index contributed by atoms with van der Waals surface area (Å²) in [5.41, 5.74) is 5.49. The molecule has 2 aliphatic rings. The van der Waals surface area contributed by atoms with Gasteiger partial charge in [0.05, 0.1) is 12.0 Å². The standard InChI is InChI=1S/C14H23F3N2O2.ClH/c15-14(16,17)10-3-1-9(2-4-10)8-19-13(20)12-6-5-11(7-18)21-12;/h9-12H,1-8,18H2,(H,19,20);1H/t9?,10?,11-,12+;/m1./s1.